The molecule has 6 heteroatoms. The third kappa shape index (κ3) is 5.99. The monoisotopic (exact) mass is 430 g/mol. The summed E-state index contributed by atoms with van der Waals surface area (Å²) in [5.74, 6) is 0.200. The summed E-state index contributed by atoms with van der Waals surface area (Å²) in [7, 11) is 0. The van der Waals surface area contributed by atoms with Crippen molar-refractivity contribution in [2.75, 3.05) is 13.2 Å². The zero-order valence-corrected chi connectivity index (χ0v) is 19.2. The second kappa shape index (κ2) is 11.0. The molecule has 0 unspecified atom stereocenters. The maximum Gasteiger partial charge on any atom is 0.261 e. The molecular weight excluding hydrogens is 400 g/mol. The number of rotatable bonds is 9. The van der Waals surface area contributed by atoms with Crippen molar-refractivity contribution in [3.8, 4) is 5.75 Å². The van der Waals surface area contributed by atoms with Crippen LogP contribution < -0.4 is 10.1 Å². The zero-order valence-electron chi connectivity index (χ0n) is 18.4. The molecule has 0 saturated heterocycles. The minimum Gasteiger partial charge on any atom is -0.484 e. The molecule has 0 heterocycles. The number of amides is 2. The Morgan fingerprint density at radius 3 is 2.27 bits per heavy atom. The molecule has 0 radical (unpaired) electrons. The Labute approximate surface area is 184 Å². The maximum absolute atomic E-state index is 13.2. The molecule has 2 aromatic carbocycles. The highest BCUT2D eigenvalue weighted by molar-refractivity contribution is 6.32. The van der Waals surface area contributed by atoms with Gasteiger partial charge in [-0.1, -0.05) is 42.8 Å². The van der Waals surface area contributed by atoms with Crippen LogP contribution in [0.3, 0.4) is 0 Å². The number of hydrogen-bond acceptors (Lipinski definition) is 3. The SMILES string of the molecule is CCNC(=O)[C@H](CC)N(Cc1ccccc1C)C(=O)COc1cc(C)c(Cl)c(C)c1. The lowest BCUT2D eigenvalue weighted by molar-refractivity contribution is -0.142. The first-order valence-electron chi connectivity index (χ1n) is 10.3. The van der Waals surface area contributed by atoms with Crippen LogP contribution in [0.25, 0.3) is 0 Å². The Morgan fingerprint density at radius 2 is 1.70 bits per heavy atom. The van der Waals surface area contributed by atoms with Crippen molar-refractivity contribution < 1.29 is 14.3 Å². The first kappa shape index (κ1) is 23.7. The van der Waals surface area contributed by atoms with E-state index in [1.165, 1.54) is 0 Å². The van der Waals surface area contributed by atoms with Crippen LogP contribution in [0.5, 0.6) is 5.75 Å². The quantitative estimate of drug-likeness (QED) is 0.633. The van der Waals surface area contributed by atoms with Crippen molar-refractivity contribution in [2.24, 2.45) is 0 Å². The molecule has 0 spiro atoms. The number of halogens is 1. The second-order valence-corrected chi connectivity index (χ2v) is 7.80. The molecule has 0 saturated carbocycles. The van der Waals surface area contributed by atoms with Crippen LogP contribution in [0.1, 0.15) is 42.5 Å². The number of nitrogens with one attached hydrogen (secondary N) is 1. The number of aryl methyl sites for hydroxylation is 3. The van der Waals surface area contributed by atoms with Gasteiger partial charge in [-0.15, -0.1) is 0 Å². The van der Waals surface area contributed by atoms with Gasteiger partial charge in [0.2, 0.25) is 5.91 Å². The van der Waals surface area contributed by atoms with E-state index in [4.69, 9.17) is 16.3 Å². The number of likely N-dealkylation sites (N-methyl/N-ethyl adjacent to an activating group) is 1. The van der Waals surface area contributed by atoms with Crippen molar-refractivity contribution in [1.29, 1.82) is 0 Å². The normalized spacial score (nSPS) is 11.7. The number of ether oxygens (including phenoxy) is 1. The molecule has 2 rings (SSSR count). The number of hydrogen-bond donors (Lipinski definition) is 1. The van der Waals surface area contributed by atoms with E-state index in [-0.39, 0.29) is 18.4 Å². The Hall–Kier alpha value is -2.53. The summed E-state index contributed by atoms with van der Waals surface area (Å²) in [6.45, 7) is 10.3. The van der Waals surface area contributed by atoms with E-state index in [0.29, 0.717) is 30.3 Å². The third-order valence-electron chi connectivity index (χ3n) is 5.11. The Kier molecular flexibility index (Phi) is 8.72. The number of carbonyl (C=O) groups excluding carboxylic acids is 2. The van der Waals surface area contributed by atoms with Gasteiger partial charge in [0.25, 0.3) is 5.91 Å². The lowest BCUT2D eigenvalue weighted by atomic mass is 10.1. The van der Waals surface area contributed by atoms with Crippen molar-refractivity contribution >= 4 is 23.4 Å². The average Bonchev–Trinajstić information content (AvgIpc) is 2.71. The number of carbonyl (C=O) groups is 2. The molecule has 162 valence electrons. The summed E-state index contributed by atoms with van der Waals surface area (Å²) >= 11 is 6.22. The predicted octanol–water partition coefficient (Wildman–Crippen LogP) is 4.59. The van der Waals surface area contributed by atoms with Crippen LogP contribution in [-0.4, -0.2) is 35.9 Å². The first-order valence-corrected chi connectivity index (χ1v) is 10.7. The zero-order chi connectivity index (χ0) is 22.3. The minimum atomic E-state index is -0.561. The fraction of sp³-hybridized carbons (Fsp3) is 0.417. The standard InChI is InChI=1S/C24H31ClN2O3/c1-6-21(24(29)26-7-2)27(14-19-11-9-8-10-16(19)3)22(28)15-30-20-12-17(4)23(25)18(5)13-20/h8-13,21H,6-7,14-15H2,1-5H3,(H,26,29)/t21-/m0/s1. The molecule has 0 aliphatic rings. The van der Waals surface area contributed by atoms with Gasteiger partial charge in [-0.3, -0.25) is 9.59 Å². The minimum absolute atomic E-state index is 0.150. The van der Waals surface area contributed by atoms with Crippen LogP contribution in [0.2, 0.25) is 5.02 Å². The van der Waals surface area contributed by atoms with E-state index in [1.54, 1.807) is 4.90 Å². The van der Waals surface area contributed by atoms with E-state index in [2.05, 4.69) is 5.32 Å². The Morgan fingerprint density at radius 1 is 1.07 bits per heavy atom. The smallest absolute Gasteiger partial charge is 0.261 e. The summed E-state index contributed by atoms with van der Waals surface area (Å²) in [5.41, 5.74) is 3.87. The molecule has 2 amide bonds. The molecule has 0 aliphatic carbocycles. The average molecular weight is 431 g/mol. The summed E-state index contributed by atoms with van der Waals surface area (Å²) < 4.78 is 5.79. The summed E-state index contributed by atoms with van der Waals surface area (Å²) in [6, 6.07) is 10.9. The van der Waals surface area contributed by atoms with Crippen LogP contribution in [-0.2, 0) is 16.1 Å². The van der Waals surface area contributed by atoms with Crippen molar-refractivity contribution in [1.82, 2.24) is 10.2 Å². The molecule has 1 atom stereocenters. The summed E-state index contributed by atoms with van der Waals surface area (Å²) in [5, 5.41) is 3.53. The van der Waals surface area contributed by atoms with Gasteiger partial charge < -0.3 is 15.0 Å². The molecule has 5 nitrogen and oxygen atoms in total. The van der Waals surface area contributed by atoms with Gasteiger partial charge in [0.05, 0.1) is 0 Å². The number of nitrogens with zero attached hydrogens (tertiary/aromatic N) is 1. The molecule has 0 aliphatic heterocycles. The fourth-order valence-electron chi connectivity index (χ4n) is 3.40. The summed E-state index contributed by atoms with van der Waals surface area (Å²) in [6.07, 6.45) is 0.516. The molecule has 0 bridgehead atoms. The predicted molar refractivity (Wildman–Crippen MR) is 121 cm³/mol. The topological polar surface area (TPSA) is 58.6 Å². The highest BCUT2D eigenvalue weighted by atomic mass is 35.5. The van der Waals surface area contributed by atoms with Crippen LogP contribution in [0, 0.1) is 20.8 Å². The van der Waals surface area contributed by atoms with Gasteiger partial charge in [0, 0.05) is 18.1 Å². The van der Waals surface area contributed by atoms with E-state index in [0.717, 1.165) is 22.3 Å². The van der Waals surface area contributed by atoms with E-state index >= 15 is 0 Å². The van der Waals surface area contributed by atoms with Gasteiger partial charge in [-0.25, -0.2) is 0 Å². The highest BCUT2D eigenvalue weighted by Crippen LogP contribution is 2.26. The van der Waals surface area contributed by atoms with Crippen molar-refractivity contribution in [2.45, 2.75) is 53.6 Å². The first-order chi connectivity index (χ1) is 14.3. The number of benzene rings is 2. The lowest BCUT2D eigenvalue weighted by Gasteiger charge is -2.31. The van der Waals surface area contributed by atoms with Crippen molar-refractivity contribution in [3.63, 3.8) is 0 Å². The maximum atomic E-state index is 13.2. The Bertz CT molecular complexity index is 875. The van der Waals surface area contributed by atoms with Crippen LogP contribution >= 0.6 is 11.6 Å². The van der Waals surface area contributed by atoms with Gasteiger partial charge in [0.15, 0.2) is 6.61 Å². The van der Waals surface area contributed by atoms with E-state index < -0.39 is 6.04 Å². The fourth-order valence-corrected chi connectivity index (χ4v) is 3.51. The largest absolute Gasteiger partial charge is 0.484 e. The van der Waals surface area contributed by atoms with Crippen LogP contribution in [0.15, 0.2) is 36.4 Å². The molecule has 0 fully saturated rings. The van der Waals surface area contributed by atoms with Crippen molar-refractivity contribution in [3.05, 3.63) is 63.7 Å². The van der Waals surface area contributed by atoms with Crippen LogP contribution in [0.4, 0.5) is 0 Å². The van der Waals surface area contributed by atoms with Gasteiger partial charge >= 0.3 is 0 Å². The van der Waals surface area contributed by atoms with E-state index in [1.807, 2.05) is 71.0 Å². The molecule has 1 N–H and O–H groups in total. The molecule has 2 aromatic rings. The lowest BCUT2D eigenvalue weighted by Crippen LogP contribution is -2.50. The Balaban J connectivity index is 2.24. The van der Waals surface area contributed by atoms with Gasteiger partial charge in [-0.05, 0) is 68.5 Å². The third-order valence-corrected chi connectivity index (χ3v) is 5.71. The van der Waals surface area contributed by atoms with Gasteiger partial charge in [0.1, 0.15) is 11.8 Å². The summed E-state index contributed by atoms with van der Waals surface area (Å²) in [4.78, 5) is 27.4. The highest BCUT2D eigenvalue weighted by Gasteiger charge is 2.29. The molecule has 0 aromatic heterocycles. The second-order valence-electron chi connectivity index (χ2n) is 7.43. The molecular formula is C24H31ClN2O3. The van der Waals surface area contributed by atoms with Gasteiger partial charge in [-0.2, -0.15) is 0 Å². The molecule has 30 heavy (non-hydrogen) atoms. The van der Waals surface area contributed by atoms with E-state index in [9.17, 15) is 9.59 Å².